The van der Waals surface area contributed by atoms with E-state index in [-0.39, 0.29) is 17.5 Å². The van der Waals surface area contributed by atoms with Gasteiger partial charge in [0.1, 0.15) is 12.4 Å². The summed E-state index contributed by atoms with van der Waals surface area (Å²) in [5.74, 6) is 0.987. The topological polar surface area (TPSA) is 75.6 Å². The molecule has 0 fully saturated rings. The van der Waals surface area contributed by atoms with E-state index in [0.29, 0.717) is 36.3 Å². The predicted octanol–water partition coefficient (Wildman–Crippen LogP) is 5.11. The van der Waals surface area contributed by atoms with Gasteiger partial charge in [0.25, 0.3) is 0 Å². The van der Waals surface area contributed by atoms with Crippen LogP contribution in [0.25, 0.3) is 0 Å². The number of allylic oxidation sites excluding steroid dienone is 3. The lowest BCUT2D eigenvalue weighted by atomic mass is 9.72. The van der Waals surface area contributed by atoms with Crippen molar-refractivity contribution in [3.8, 4) is 5.75 Å². The summed E-state index contributed by atoms with van der Waals surface area (Å²) in [6.07, 6.45) is 1.12. The molecule has 0 bridgehead atoms. The number of phenols is 1. The number of thiophene rings is 1. The number of esters is 1. The van der Waals surface area contributed by atoms with Crippen LogP contribution < -0.4 is 5.32 Å². The number of ketones is 1. The highest BCUT2D eigenvalue weighted by Gasteiger charge is 2.41. The quantitative estimate of drug-likeness (QED) is 0.433. The molecule has 4 rings (SSSR count). The Morgan fingerprint density at radius 3 is 2.84 bits per heavy atom. The molecule has 0 radical (unpaired) electrons. The first kappa shape index (κ1) is 22.7. The summed E-state index contributed by atoms with van der Waals surface area (Å²) in [7, 11) is 0. The number of benzene rings is 1. The van der Waals surface area contributed by atoms with E-state index < -0.39 is 11.9 Å². The molecule has 7 heteroatoms. The normalized spacial score (nSPS) is 20.8. The van der Waals surface area contributed by atoms with E-state index in [0.717, 1.165) is 22.8 Å². The number of Topliss-reactive ketones (excluding diaryl/α,β-unsaturated/α-hetero) is 1. The van der Waals surface area contributed by atoms with Crippen molar-refractivity contribution < 1.29 is 19.4 Å². The van der Waals surface area contributed by atoms with Crippen LogP contribution in [0.15, 0.2) is 64.3 Å². The predicted molar refractivity (Wildman–Crippen MR) is 129 cm³/mol. The van der Waals surface area contributed by atoms with Crippen LogP contribution in [0.1, 0.15) is 49.0 Å². The van der Waals surface area contributed by atoms with Gasteiger partial charge in [0.05, 0.1) is 5.57 Å². The minimum Gasteiger partial charge on any atom is -0.508 e. The smallest absolute Gasteiger partial charge is 0.336 e. The third-order valence-corrected chi connectivity index (χ3v) is 7.76. The van der Waals surface area contributed by atoms with Gasteiger partial charge in [-0.3, -0.25) is 4.79 Å². The third kappa shape index (κ3) is 4.64. The lowest BCUT2D eigenvalue weighted by molar-refractivity contribution is -0.138. The van der Waals surface area contributed by atoms with Crippen molar-refractivity contribution in [2.45, 2.75) is 38.5 Å². The largest absolute Gasteiger partial charge is 0.508 e. The Kier molecular flexibility index (Phi) is 7.06. The first-order valence-electron chi connectivity index (χ1n) is 10.8. The molecule has 1 aliphatic carbocycles. The molecule has 1 aromatic heterocycles. The van der Waals surface area contributed by atoms with Crippen LogP contribution in [0.3, 0.4) is 0 Å². The number of hydrogen-bond donors (Lipinski definition) is 2. The summed E-state index contributed by atoms with van der Waals surface area (Å²) in [5.41, 5.74) is 3.34. The van der Waals surface area contributed by atoms with Crippen molar-refractivity contribution in [1.82, 2.24) is 5.32 Å². The Morgan fingerprint density at radius 2 is 2.12 bits per heavy atom. The summed E-state index contributed by atoms with van der Waals surface area (Å²) in [6, 6.07) is 10.9. The minimum atomic E-state index is -0.554. The number of thioether (sulfide) groups is 1. The molecule has 0 saturated heterocycles. The zero-order valence-electron chi connectivity index (χ0n) is 18.2. The fourth-order valence-electron chi connectivity index (χ4n) is 4.49. The molecule has 2 aliphatic rings. The zero-order chi connectivity index (χ0) is 22.7. The van der Waals surface area contributed by atoms with Crippen LogP contribution in [0.5, 0.6) is 5.75 Å². The second-order valence-electron chi connectivity index (χ2n) is 7.96. The van der Waals surface area contributed by atoms with Crippen molar-refractivity contribution in [2.75, 3.05) is 18.1 Å². The first-order chi connectivity index (χ1) is 15.5. The van der Waals surface area contributed by atoms with E-state index >= 15 is 0 Å². The fraction of sp³-hybridized carbons (Fsp3) is 0.360. The summed E-state index contributed by atoms with van der Waals surface area (Å²) < 4.78 is 5.58. The van der Waals surface area contributed by atoms with E-state index in [1.807, 2.05) is 24.4 Å². The van der Waals surface area contributed by atoms with Crippen LogP contribution >= 0.6 is 23.1 Å². The molecule has 168 valence electrons. The van der Waals surface area contributed by atoms with Gasteiger partial charge in [0.15, 0.2) is 5.78 Å². The highest BCUT2D eigenvalue weighted by molar-refractivity contribution is 7.99. The highest BCUT2D eigenvalue weighted by atomic mass is 32.2. The monoisotopic (exact) mass is 469 g/mol. The molecule has 0 amide bonds. The third-order valence-electron chi connectivity index (χ3n) is 5.86. The molecule has 1 aromatic carbocycles. The van der Waals surface area contributed by atoms with E-state index in [9.17, 15) is 14.7 Å². The van der Waals surface area contributed by atoms with Crippen LogP contribution in [-0.4, -0.2) is 35.0 Å². The molecule has 0 spiro atoms. The van der Waals surface area contributed by atoms with Gasteiger partial charge in [-0.15, -0.1) is 11.3 Å². The molecule has 2 aromatic rings. The number of nitrogens with one attached hydrogen (secondary N) is 1. The van der Waals surface area contributed by atoms with Gasteiger partial charge in [0, 0.05) is 45.9 Å². The number of carbonyl (C=O) groups excluding carboxylic acids is 2. The van der Waals surface area contributed by atoms with Crippen molar-refractivity contribution >= 4 is 34.9 Å². The lowest BCUT2D eigenvalue weighted by Gasteiger charge is -2.36. The van der Waals surface area contributed by atoms with Gasteiger partial charge in [0.2, 0.25) is 0 Å². The summed E-state index contributed by atoms with van der Waals surface area (Å²) in [6.45, 7) is 4.24. The maximum Gasteiger partial charge on any atom is 0.336 e. The molecule has 2 heterocycles. The number of rotatable bonds is 7. The van der Waals surface area contributed by atoms with Gasteiger partial charge >= 0.3 is 5.97 Å². The Bertz CT molecular complexity index is 1070. The van der Waals surface area contributed by atoms with Crippen molar-refractivity contribution in [3.05, 3.63) is 74.8 Å². The van der Waals surface area contributed by atoms with Crippen LogP contribution in [0.4, 0.5) is 0 Å². The van der Waals surface area contributed by atoms with Crippen LogP contribution in [0, 0.1) is 0 Å². The van der Waals surface area contributed by atoms with Crippen molar-refractivity contribution in [1.29, 1.82) is 0 Å². The van der Waals surface area contributed by atoms with E-state index in [1.165, 1.54) is 4.88 Å². The molecule has 0 unspecified atom stereocenters. The van der Waals surface area contributed by atoms with E-state index in [4.69, 9.17) is 4.74 Å². The van der Waals surface area contributed by atoms with Gasteiger partial charge in [-0.05, 0) is 48.2 Å². The fourth-order valence-corrected chi connectivity index (χ4v) is 5.81. The van der Waals surface area contributed by atoms with E-state index in [2.05, 4.69) is 18.3 Å². The second-order valence-corrected chi connectivity index (χ2v) is 10.3. The second kappa shape index (κ2) is 9.96. The molecule has 2 N–H and O–H groups in total. The minimum absolute atomic E-state index is 0.0323. The van der Waals surface area contributed by atoms with Crippen LogP contribution in [0.2, 0.25) is 0 Å². The Labute approximate surface area is 196 Å². The SMILES string of the molecule is CCSCCOC(=O)C1=C(C)NC2=C(C(=O)C[C@H](c3cccs3)C2)[C@H]1c1cccc(O)c1. The Hall–Kier alpha value is -2.51. The number of carbonyl (C=O) groups is 2. The molecule has 0 saturated carbocycles. The van der Waals surface area contributed by atoms with Gasteiger partial charge in [-0.1, -0.05) is 25.1 Å². The first-order valence-corrected chi connectivity index (χ1v) is 12.8. The molecule has 2 atom stereocenters. The number of aromatic hydroxyl groups is 1. The van der Waals surface area contributed by atoms with E-state index in [1.54, 1.807) is 41.3 Å². The van der Waals surface area contributed by atoms with Crippen molar-refractivity contribution in [2.24, 2.45) is 0 Å². The lowest BCUT2D eigenvalue weighted by Crippen LogP contribution is -2.36. The highest BCUT2D eigenvalue weighted by Crippen LogP contribution is 2.46. The molecular formula is C25H27NO4S2. The summed E-state index contributed by atoms with van der Waals surface area (Å²) in [4.78, 5) is 27.8. The average molecular weight is 470 g/mol. The standard InChI is InChI=1S/C25H27NO4S2/c1-3-31-11-9-30-25(29)22-15(2)26-19-13-17(21-8-5-10-32-21)14-20(28)24(19)23(22)16-6-4-7-18(27)12-16/h4-8,10,12,17,23,26-27H,3,9,11,13-14H2,1-2H3/t17-,23+/m1/s1. The maximum atomic E-state index is 13.4. The molecule has 1 aliphatic heterocycles. The number of hydrogen-bond acceptors (Lipinski definition) is 7. The van der Waals surface area contributed by atoms with Gasteiger partial charge in [-0.25, -0.2) is 4.79 Å². The molecule has 5 nitrogen and oxygen atoms in total. The van der Waals surface area contributed by atoms with Gasteiger partial charge < -0.3 is 15.2 Å². The molecule has 32 heavy (non-hydrogen) atoms. The van der Waals surface area contributed by atoms with Crippen molar-refractivity contribution in [3.63, 3.8) is 0 Å². The number of phenolic OH excluding ortho intramolecular Hbond substituents is 1. The maximum absolute atomic E-state index is 13.4. The molecular weight excluding hydrogens is 442 g/mol. The zero-order valence-corrected chi connectivity index (χ0v) is 19.9. The number of dihydropyridines is 1. The Morgan fingerprint density at radius 1 is 1.28 bits per heavy atom. The Balaban J connectivity index is 1.71. The summed E-state index contributed by atoms with van der Waals surface area (Å²) >= 11 is 3.38. The number of ether oxygens (including phenoxy) is 1. The van der Waals surface area contributed by atoms with Crippen LogP contribution in [-0.2, 0) is 14.3 Å². The van der Waals surface area contributed by atoms with Gasteiger partial charge in [-0.2, -0.15) is 11.8 Å². The average Bonchev–Trinajstić information content (AvgIpc) is 3.30. The summed E-state index contributed by atoms with van der Waals surface area (Å²) in [5, 5.41) is 15.5.